The van der Waals surface area contributed by atoms with Gasteiger partial charge in [-0.1, -0.05) is 17.3 Å². The van der Waals surface area contributed by atoms with E-state index in [9.17, 15) is 72.8 Å². The Morgan fingerprint density at radius 2 is 1.11 bits per heavy atom. The summed E-state index contributed by atoms with van der Waals surface area (Å²) in [5, 5.41) is 77.1. The zero-order chi connectivity index (χ0) is 48.9. The molecule has 0 saturated heterocycles. The first-order valence-corrected chi connectivity index (χ1v) is 20.1. The molecule has 3 rings (SSSR count). The highest BCUT2D eigenvalue weighted by Gasteiger charge is 2.27. The Morgan fingerprint density at radius 1 is 0.606 bits per heavy atom. The summed E-state index contributed by atoms with van der Waals surface area (Å²) in [6.45, 7) is -0.595. The number of hydrogen-bond acceptors (Lipinski definition) is 12. The second-order valence-electron chi connectivity index (χ2n) is 14.5. The molecule has 356 valence electrons. The maximum atomic E-state index is 13.6. The Labute approximate surface area is 373 Å². The fraction of sp³-hybridized carbons (Fsp3) is 0.400. The van der Waals surface area contributed by atoms with Crippen LogP contribution >= 0.6 is 0 Å². The number of benzene rings is 2. The Kier molecular flexibility index (Phi) is 20.4. The van der Waals surface area contributed by atoms with E-state index in [-0.39, 0.29) is 67.6 Å². The zero-order valence-electron chi connectivity index (χ0n) is 34.9. The summed E-state index contributed by atoms with van der Waals surface area (Å²) < 4.78 is 14.1. The van der Waals surface area contributed by atoms with E-state index < -0.39 is 116 Å². The van der Waals surface area contributed by atoms with E-state index in [4.69, 9.17) is 10.2 Å². The standard InChI is InChI=1S/C40H48FN9O16/c41-14-3-4-25-20-50(49-48-25)26-18-22(33(55)42-15-2-1-5-27(35(57)58)44-39(65)45-28(36(59)60)10-12-31(51)52)17-23(19-26)34(56)43-24-8-6-21(7-9-24)16-30(38(63)64)47-40(66)46-29(37(61)62)11-13-32(53)54/h6-9,17-20,27-30H,1-5,10-16H2,(H,42,55)(H,43,56)(H,51,52)(H,53,54)(H,57,58)(H,59,60)(H,61,62)(H,63,64)(H2,44,45,65)(H2,46,47,66)/t27?,28?,29-,30-/m0/s1. The molecule has 2 unspecified atom stereocenters. The number of carbonyl (C=O) groups excluding carboxylic acids is 4. The van der Waals surface area contributed by atoms with Gasteiger partial charge in [-0.05, 0) is 80.8 Å². The van der Waals surface area contributed by atoms with Crippen LogP contribution in [0.4, 0.5) is 19.7 Å². The Morgan fingerprint density at radius 3 is 1.61 bits per heavy atom. The van der Waals surface area contributed by atoms with Crippen LogP contribution in [0, 0.1) is 0 Å². The van der Waals surface area contributed by atoms with Crippen molar-refractivity contribution in [3.05, 3.63) is 71.0 Å². The minimum absolute atomic E-state index is 0.00102. The summed E-state index contributed by atoms with van der Waals surface area (Å²) in [7, 11) is 0. The highest BCUT2D eigenvalue weighted by molar-refractivity contribution is 6.06. The summed E-state index contributed by atoms with van der Waals surface area (Å²) >= 11 is 0. The van der Waals surface area contributed by atoms with Crippen molar-refractivity contribution in [2.75, 3.05) is 18.5 Å². The van der Waals surface area contributed by atoms with Gasteiger partial charge >= 0.3 is 47.9 Å². The van der Waals surface area contributed by atoms with Crippen molar-refractivity contribution in [3.63, 3.8) is 0 Å². The van der Waals surface area contributed by atoms with Crippen LogP contribution in [-0.2, 0) is 41.6 Å². The first kappa shape index (κ1) is 52.2. The van der Waals surface area contributed by atoms with Crippen molar-refractivity contribution in [2.24, 2.45) is 0 Å². The number of unbranched alkanes of at least 4 members (excludes halogenated alkanes) is 1. The number of aliphatic carboxylic acids is 6. The number of carboxylic acids is 6. The molecule has 0 aliphatic rings. The average Bonchev–Trinajstić information content (AvgIpc) is 3.74. The third-order valence-corrected chi connectivity index (χ3v) is 9.38. The maximum absolute atomic E-state index is 13.6. The monoisotopic (exact) mass is 929 g/mol. The van der Waals surface area contributed by atoms with Crippen molar-refractivity contribution >= 4 is 65.4 Å². The predicted molar refractivity (Wildman–Crippen MR) is 223 cm³/mol. The Hall–Kier alpha value is -8.19. The molecular weight excluding hydrogens is 881 g/mol. The second-order valence-corrected chi connectivity index (χ2v) is 14.5. The van der Waals surface area contributed by atoms with E-state index in [0.29, 0.717) is 11.3 Å². The molecule has 0 spiro atoms. The van der Waals surface area contributed by atoms with Gasteiger partial charge in [0.1, 0.15) is 24.2 Å². The van der Waals surface area contributed by atoms with Crippen LogP contribution in [0.3, 0.4) is 0 Å². The molecule has 12 N–H and O–H groups in total. The number of aryl methyl sites for hydroxylation is 1. The number of alkyl halides is 1. The molecular formula is C40H48FN9O16. The topological polar surface area (TPSA) is 395 Å². The third kappa shape index (κ3) is 17.9. The van der Waals surface area contributed by atoms with E-state index >= 15 is 0 Å². The lowest BCUT2D eigenvalue weighted by atomic mass is 10.0. The van der Waals surface area contributed by atoms with E-state index in [2.05, 4.69) is 31.6 Å². The van der Waals surface area contributed by atoms with Crippen molar-refractivity contribution in [1.29, 1.82) is 0 Å². The van der Waals surface area contributed by atoms with Gasteiger partial charge in [0.25, 0.3) is 11.8 Å². The van der Waals surface area contributed by atoms with Gasteiger partial charge in [-0.2, -0.15) is 0 Å². The third-order valence-electron chi connectivity index (χ3n) is 9.38. The number of hydrogen-bond donors (Lipinski definition) is 12. The van der Waals surface area contributed by atoms with Crippen LogP contribution in [-0.4, -0.2) is 143 Å². The van der Waals surface area contributed by atoms with Crippen molar-refractivity contribution < 1.29 is 83.0 Å². The van der Waals surface area contributed by atoms with Crippen LogP contribution in [0.2, 0.25) is 0 Å². The van der Waals surface area contributed by atoms with Crippen LogP contribution in [0.1, 0.15) is 83.3 Å². The van der Waals surface area contributed by atoms with Gasteiger partial charge < -0.3 is 62.5 Å². The van der Waals surface area contributed by atoms with Crippen LogP contribution in [0.25, 0.3) is 5.69 Å². The molecule has 25 nitrogen and oxygen atoms in total. The van der Waals surface area contributed by atoms with E-state index in [1.165, 1.54) is 53.3 Å². The van der Waals surface area contributed by atoms with Gasteiger partial charge in [0.2, 0.25) is 0 Å². The molecule has 1 heterocycles. The Bertz CT molecular complexity index is 2250. The van der Waals surface area contributed by atoms with E-state index in [1.54, 1.807) is 0 Å². The molecule has 0 aliphatic heterocycles. The van der Waals surface area contributed by atoms with Gasteiger partial charge in [0, 0.05) is 42.6 Å². The first-order valence-electron chi connectivity index (χ1n) is 20.1. The number of carboxylic acid groups (broad SMARTS) is 6. The zero-order valence-corrected chi connectivity index (χ0v) is 34.9. The summed E-state index contributed by atoms with van der Waals surface area (Å²) in [5.74, 6) is -9.88. The highest BCUT2D eigenvalue weighted by atomic mass is 19.1. The molecule has 1 aromatic heterocycles. The minimum Gasteiger partial charge on any atom is -0.481 e. The number of nitrogens with zero attached hydrogens (tertiary/aromatic N) is 3. The molecule has 66 heavy (non-hydrogen) atoms. The number of aromatic nitrogens is 3. The minimum atomic E-state index is -1.60. The fourth-order valence-corrected chi connectivity index (χ4v) is 5.96. The quantitative estimate of drug-likeness (QED) is 0.0452. The SMILES string of the molecule is O=C(O)CCC(NC(=O)NC(CCCCNC(=O)c1cc(C(=O)Nc2ccc(C[C@H](NC(=O)N[C@@H](CCC(=O)O)C(=O)O)C(=O)O)cc2)cc(-n2cc(CCCF)nn2)c1)C(=O)O)C(=O)O. The molecule has 2 aromatic carbocycles. The first-order chi connectivity index (χ1) is 31.3. The summed E-state index contributed by atoms with van der Waals surface area (Å²) in [6, 6.07) is 1.36. The molecule has 0 aliphatic carbocycles. The Balaban J connectivity index is 1.69. The molecule has 0 fully saturated rings. The average molecular weight is 930 g/mol. The van der Waals surface area contributed by atoms with Crippen LogP contribution < -0.4 is 31.9 Å². The second kappa shape index (κ2) is 25.8. The smallest absolute Gasteiger partial charge is 0.326 e. The molecule has 0 saturated carbocycles. The van der Waals surface area contributed by atoms with Gasteiger partial charge in [-0.25, -0.2) is 33.4 Å². The molecule has 6 amide bonds. The molecule has 0 bridgehead atoms. The molecule has 3 aromatic rings. The summed E-state index contributed by atoms with van der Waals surface area (Å²) in [4.78, 5) is 120. The van der Waals surface area contributed by atoms with Gasteiger partial charge in [-0.15, -0.1) is 5.10 Å². The van der Waals surface area contributed by atoms with Crippen LogP contribution in [0.15, 0.2) is 48.7 Å². The van der Waals surface area contributed by atoms with Crippen molar-refractivity contribution in [3.8, 4) is 5.69 Å². The van der Waals surface area contributed by atoms with Crippen LogP contribution in [0.5, 0.6) is 0 Å². The van der Waals surface area contributed by atoms with Gasteiger partial charge in [0.15, 0.2) is 0 Å². The summed E-state index contributed by atoms with van der Waals surface area (Å²) in [6.07, 6.45) is -0.147. The maximum Gasteiger partial charge on any atom is 0.326 e. The number of amides is 6. The number of urea groups is 2. The fourth-order valence-electron chi connectivity index (χ4n) is 5.96. The lowest BCUT2D eigenvalue weighted by molar-refractivity contribution is -0.142. The highest BCUT2D eigenvalue weighted by Crippen LogP contribution is 2.19. The van der Waals surface area contributed by atoms with Crippen molar-refractivity contribution in [2.45, 2.75) is 88.4 Å². The van der Waals surface area contributed by atoms with E-state index in [0.717, 1.165) is 0 Å². The number of nitrogens with one attached hydrogen (secondary N) is 6. The number of anilines is 1. The largest absolute Gasteiger partial charge is 0.481 e. The predicted octanol–water partition coefficient (Wildman–Crippen LogP) is 1.01. The molecule has 0 radical (unpaired) electrons. The summed E-state index contributed by atoms with van der Waals surface area (Å²) in [5.41, 5.74) is 1.20. The number of rotatable bonds is 28. The van der Waals surface area contributed by atoms with Gasteiger partial charge in [-0.3, -0.25) is 23.6 Å². The van der Waals surface area contributed by atoms with E-state index in [1.807, 2.05) is 10.6 Å². The molecule has 4 atom stereocenters. The number of carbonyl (C=O) groups is 10. The number of halogens is 1. The lowest BCUT2D eigenvalue weighted by Gasteiger charge is -2.18. The van der Waals surface area contributed by atoms with Gasteiger partial charge in [0.05, 0.1) is 24.3 Å². The normalized spacial score (nSPS) is 12.6. The van der Waals surface area contributed by atoms with Crippen molar-refractivity contribution in [1.82, 2.24) is 41.6 Å². The lowest BCUT2D eigenvalue weighted by Crippen LogP contribution is -2.51. The molecule has 26 heteroatoms.